The molecule has 0 spiro atoms. The van der Waals surface area contributed by atoms with E-state index in [2.05, 4.69) is 4.98 Å². The Bertz CT molecular complexity index is 890. The van der Waals surface area contributed by atoms with E-state index < -0.39 is 36.4 Å². The van der Waals surface area contributed by atoms with Gasteiger partial charge in [-0.3, -0.25) is 4.72 Å². The van der Waals surface area contributed by atoms with Crippen molar-refractivity contribution in [2.24, 2.45) is 12.2 Å². The number of aryl methyl sites for hydroxylation is 1. The summed E-state index contributed by atoms with van der Waals surface area (Å²) in [5.41, 5.74) is -0.535. The quantitative estimate of drug-likeness (QED) is 0.815. The van der Waals surface area contributed by atoms with E-state index in [-0.39, 0.29) is 5.03 Å². The largest absolute Gasteiger partial charge is 0.339 e. The van der Waals surface area contributed by atoms with E-state index in [1.165, 1.54) is 17.1 Å². The van der Waals surface area contributed by atoms with E-state index >= 15 is 0 Å². The number of rotatable bonds is 4. The third-order valence-electron chi connectivity index (χ3n) is 2.47. The Balaban J connectivity index is 2.44. The van der Waals surface area contributed by atoms with E-state index in [0.29, 0.717) is 0 Å². The molecule has 0 saturated heterocycles. The van der Waals surface area contributed by atoms with Crippen molar-refractivity contribution in [1.29, 1.82) is 0 Å². The number of halogens is 1. The van der Waals surface area contributed by atoms with Crippen molar-refractivity contribution in [3.05, 3.63) is 36.5 Å². The lowest BCUT2D eigenvalue weighted by molar-refractivity contribution is 0.592. The first kappa shape index (κ1) is 15.4. The second-order valence-electron chi connectivity index (χ2n) is 4.17. The van der Waals surface area contributed by atoms with E-state index in [0.717, 1.165) is 18.2 Å². The molecule has 0 saturated carbocycles. The van der Waals surface area contributed by atoms with Crippen molar-refractivity contribution >= 4 is 25.7 Å². The highest BCUT2D eigenvalue weighted by molar-refractivity contribution is 7.92. The molecule has 11 heteroatoms. The fourth-order valence-corrected chi connectivity index (χ4v) is 3.07. The minimum Gasteiger partial charge on any atom is -0.339 e. The molecule has 0 fully saturated rings. The number of hydrogen-bond acceptors (Lipinski definition) is 5. The molecule has 3 N–H and O–H groups in total. The average molecular weight is 334 g/mol. The lowest BCUT2D eigenvalue weighted by Gasteiger charge is -2.08. The van der Waals surface area contributed by atoms with E-state index in [9.17, 15) is 21.2 Å². The molecular formula is C10H11FN4O4S2. The van der Waals surface area contributed by atoms with Crippen molar-refractivity contribution in [3.8, 4) is 0 Å². The summed E-state index contributed by atoms with van der Waals surface area (Å²) in [7, 11) is -6.65. The minimum atomic E-state index is -4.13. The fraction of sp³-hybridized carbons (Fsp3) is 0.100. The van der Waals surface area contributed by atoms with Gasteiger partial charge in [0.25, 0.3) is 10.0 Å². The van der Waals surface area contributed by atoms with Crippen LogP contribution in [0.1, 0.15) is 0 Å². The first-order chi connectivity index (χ1) is 9.59. The highest BCUT2D eigenvalue weighted by Gasteiger charge is 2.20. The molecule has 8 nitrogen and oxygen atoms in total. The van der Waals surface area contributed by atoms with Gasteiger partial charge in [0.15, 0.2) is 5.03 Å². The second kappa shape index (κ2) is 5.09. The van der Waals surface area contributed by atoms with Crippen LogP contribution in [0, 0.1) is 5.82 Å². The molecule has 114 valence electrons. The number of sulfonamides is 2. The smallest absolute Gasteiger partial charge is 0.281 e. The Labute approximate surface area is 120 Å². The molecule has 0 radical (unpaired) electrons. The molecule has 0 unspecified atom stereocenters. The van der Waals surface area contributed by atoms with Crippen LogP contribution in [0.5, 0.6) is 0 Å². The van der Waals surface area contributed by atoms with E-state index in [1.807, 2.05) is 4.72 Å². The maximum atomic E-state index is 13.6. The van der Waals surface area contributed by atoms with E-state index in [1.54, 1.807) is 7.05 Å². The van der Waals surface area contributed by atoms with Crippen LogP contribution in [-0.2, 0) is 27.1 Å². The van der Waals surface area contributed by atoms with Gasteiger partial charge in [-0.2, -0.15) is 8.42 Å². The third-order valence-corrected chi connectivity index (χ3v) is 4.63. The molecule has 1 heterocycles. The van der Waals surface area contributed by atoms with Gasteiger partial charge in [-0.25, -0.2) is 22.9 Å². The van der Waals surface area contributed by atoms with Gasteiger partial charge in [0, 0.05) is 13.2 Å². The van der Waals surface area contributed by atoms with Crippen LogP contribution in [-0.4, -0.2) is 26.4 Å². The second-order valence-corrected chi connectivity index (χ2v) is 7.36. The van der Waals surface area contributed by atoms with Gasteiger partial charge >= 0.3 is 0 Å². The Morgan fingerprint density at radius 2 is 1.95 bits per heavy atom. The fourth-order valence-electron chi connectivity index (χ4n) is 1.48. The Morgan fingerprint density at radius 1 is 1.29 bits per heavy atom. The van der Waals surface area contributed by atoms with Crippen LogP contribution < -0.4 is 9.86 Å². The molecule has 2 rings (SSSR count). The molecule has 0 atom stereocenters. The summed E-state index contributed by atoms with van der Waals surface area (Å²) in [4.78, 5) is 3.22. The van der Waals surface area contributed by atoms with Crippen LogP contribution in [0.25, 0.3) is 0 Å². The van der Waals surface area contributed by atoms with Crippen LogP contribution >= 0.6 is 0 Å². The van der Waals surface area contributed by atoms with Crippen LogP contribution in [0.15, 0.2) is 40.6 Å². The summed E-state index contributed by atoms with van der Waals surface area (Å²) < 4.78 is 63.3. The molecule has 0 amide bonds. The Kier molecular flexibility index (Phi) is 3.74. The predicted octanol–water partition coefficient (Wildman–Crippen LogP) is 0.00740. The van der Waals surface area contributed by atoms with Gasteiger partial charge in [0.2, 0.25) is 10.0 Å². The average Bonchev–Trinajstić information content (AvgIpc) is 2.78. The predicted molar refractivity (Wildman–Crippen MR) is 71.8 cm³/mol. The van der Waals surface area contributed by atoms with Crippen molar-refractivity contribution in [1.82, 2.24) is 9.55 Å². The lowest BCUT2D eigenvalue weighted by atomic mass is 10.3. The zero-order valence-corrected chi connectivity index (χ0v) is 12.3. The first-order valence-electron chi connectivity index (χ1n) is 5.43. The summed E-state index contributed by atoms with van der Waals surface area (Å²) in [5, 5.41) is 4.58. The SMILES string of the molecule is Cn1cnc(S(=O)(=O)Nc2cc(S(N)(=O)=O)ccc2F)c1. The Hall–Kier alpha value is -1.98. The summed E-state index contributed by atoms with van der Waals surface area (Å²) in [6.07, 6.45) is 2.47. The van der Waals surface area contributed by atoms with Crippen LogP contribution in [0.2, 0.25) is 0 Å². The summed E-state index contributed by atoms with van der Waals surface area (Å²) in [5.74, 6) is -0.943. The Morgan fingerprint density at radius 3 is 2.48 bits per heavy atom. The first-order valence-corrected chi connectivity index (χ1v) is 8.46. The van der Waals surface area contributed by atoms with Gasteiger partial charge in [0.1, 0.15) is 5.82 Å². The number of nitrogens with zero attached hydrogens (tertiary/aromatic N) is 2. The van der Waals surface area contributed by atoms with Crippen LogP contribution in [0.4, 0.5) is 10.1 Å². The highest BCUT2D eigenvalue weighted by atomic mass is 32.2. The van der Waals surface area contributed by atoms with Crippen molar-refractivity contribution in [3.63, 3.8) is 0 Å². The number of hydrogen-bond donors (Lipinski definition) is 2. The molecule has 1 aromatic carbocycles. The third kappa shape index (κ3) is 3.37. The standard InChI is InChI=1S/C10H11FN4O4S2/c1-15-5-10(13-6-15)21(18,19)14-9-4-7(20(12,16)17)2-3-8(9)11/h2-6,14H,1H3,(H2,12,16,17). The number of nitrogens with one attached hydrogen (secondary N) is 1. The summed E-state index contributed by atoms with van der Waals surface area (Å²) >= 11 is 0. The van der Waals surface area contributed by atoms with E-state index in [4.69, 9.17) is 5.14 Å². The maximum Gasteiger partial charge on any atom is 0.281 e. The van der Waals surface area contributed by atoms with Crippen molar-refractivity contribution in [2.75, 3.05) is 4.72 Å². The zero-order valence-electron chi connectivity index (χ0n) is 10.7. The van der Waals surface area contributed by atoms with Gasteiger partial charge < -0.3 is 4.57 Å². The molecule has 2 aromatic rings. The number of nitrogens with two attached hydrogens (primary N) is 1. The van der Waals surface area contributed by atoms with Crippen molar-refractivity contribution < 1.29 is 21.2 Å². The molecule has 0 bridgehead atoms. The molecule has 0 aliphatic heterocycles. The molecule has 0 aliphatic carbocycles. The number of benzene rings is 1. The van der Waals surface area contributed by atoms with Crippen LogP contribution in [0.3, 0.4) is 0 Å². The van der Waals surface area contributed by atoms with Gasteiger partial charge in [0.05, 0.1) is 16.9 Å². The van der Waals surface area contributed by atoms with Gasteiger partial charge in [-0.1, -0.05) is 0 Å². The molecule has 1 aromatic heterocycles. The summed E-state index contributed by atoms with van der Waals surface area (Å²) in [6, 6.07) is 2.53. The van der Waals surface area contributed by atoms with Crippen molar-refractivity contribution in [2.45, 2.75) is 9.92 Å². The molecule has 0 aliphatic rings. The zero-order chi connectivity index (χ0) is 15.8. The highest BCUT2D eigenvalue weighted by Crippen LogP contribution is 2.21. The minimum absolute atomic E-state index is 0.328. The molecule has 21 heavy (non-hydrogen) atoms. The number of imidazole rings is 1. The summed E-state index contributed by atoms with van der Waals surface area (Å²) in [6.45, 7) is 0. The normalized spacial score (nSPS) is 12.3. The van der Waals surface area contributed by atoms with Gasteiger partial charge in [-0.05, 0) is 18.2 Å². The van der Waals surface area contributed by atoms with Gasteiger partial charge in [-0.15, -0.1) is 0 Å². The monoisotopic (exact) mass is 334 g/mol. The number of aromatic nitrogens is 2. The molecular weight excluding hydrogens is 323 g/mol. The number of primary sulfonamides is 1. The lowest BCUT2D eigenvalue weighted by Crippen LogP contribution is -2.16. The topological polar surface area (TPSA) is 124 Å². The number of anilines is 1. The maximum absolute atomic E-state index is 13.6.